The summed E-state index contributed by atoms with van der Waals surface area (Å²) in [5.41, 5.74) is 2.66. The van der Waals surface area contributed by atoms with Gasteiger partial charge in [-0.25, -0.2) is 0 Å². The van der Waals surface area contributed by atoms with Crippen LogP contribution in [-0.4, -0.2) is 21.4 Å². The van der Waals surface area contributed by atoms with Gasteiger partial charge in [0.05, 0.1) is 0 Å². The minimum atomic E-state index is 0.475. The predicted molar refractivity (Wildman–Crippen MR) is 78.1 cm³/mol. The van der Waals surface area contributed by atoms with Gasteiger partial charge in [-0.1, -0.05) is 13.3 Å². The summed E-state index contributed by atoms with van der Waals surface area (Å²) in [5.74, 6) is 0. The fourth-order valence-corrected chi connectivity index (χ4v) is 2.46. The minimum absolute atomic E-state index is 0.475. The number of rotatable bonds is 7. The lowest BCUT2D eigenvalue weighted by atomic mass is 10.1. The third-order valence-electron chi connectivity index (χ3n) is 3.65. The molecule has 0 fully saturated rings. The molecule has 0 radical (unpaired) electrons. The Morgan fingerprint density at radius 2 is 2.21 bits per heavy atom. The van der Waals surface area contributed by atoms with Gasteiger partial charge in [0.1, 0.15) is 0 Å². The van der Waals surface area contributed by atoms with Crippen LogP contribution in [0.3, 0.4) is 0 Å². The van der Waals surface area contributed by atoms with Crippen molar-refractivity contribution in [3.8, 4) is 0 Å². The van der Waals surface area contributed by atoms with Crippen LogP contribution < -0.4 is 5.32 Å². The number of aromatic nitrogens is 3. The highest BCUT2D eigenvalue weighted by atomic mass is 15.3. The minimum Gasteiger partial charge on any atom is -0.354 e. The van der Waals surface area contributed by atoms with E-state index in [-0.39, 0.29) is 0 Å². The fraction of sp³-hybridized carbons (Fsp3) is 0.533. The Balaban J connectivity index is 1.95. The molecule has 0 spiro atoms. The molecule has 0 saturated carbocycles. The maximum Gasteiger partial charge on any atom is 0.0492 e. The van der Waals surface area contributed by atoms with Crippen molar-refractivity contribution in [1.29, 1.82) is 0 Å². The first-order chi connectivity index (χ1) is 9.24. The summed E-state index contributed by atoms with van der Waals surface area (Å²) in [7, 11) is 4.03. The Kier molecular flexibility index (Phi) is 4.80. The molecule has 4 heteroatoms. The molecule has 0 bridgehead atoms. The standard InChI is InChI=1S/C15H24N4/c1-4-5-15(16-2)13-7-10-19(12-13)11-8-14-6-9-17-18(14)3/h6-7,9-10,12,15-16H,4-5,8,11H2,1-3H3. The van der Waals surface area contributed by atoms with Crippen LogP contribution in [0.4, 0.5) is 0 Å². The average Bonchev–Trinajstić information content (AvgIpc) is 3.02. The molecule has 0 amide bonds. The summed E-state index contributed by atoms with van der Waals surface area (Å²) < 4.78 is 4.21. The number of nitrogens with zero attached hydrogens (tertiary/aromatic N) is 3. The van der Waals surface area contributed by atoms with Gasteiger partial charge in [-0.2, -0.15) is 5.10 Å². The number of hydrogen-bond donors (Lipinski definition) is 1. The van der Waals surface area contributed by atoms with Crippen molar-refractivity contribution in [3.63, 3.8) is 0 Å². The highest BCUT2D eigenvalue weighted by molar-refractivity contribution is 5.15. The summed E-state index contributed by atoms with van der Waals surface area (Å²) in [6.07, 6.45) is 9.68. The maximum absolute atomic E-state index is 4.20. The van der Waals surface area contributed by atoms with Crippen molar-refractivity contribution in [3.05, 3.63) is 42.0 Å². The second-order valence-corrected chi connectivity index (χ2v) is 5.01. The molecule has 0 saturated heterocycles. The molecular weight excluding hydrogens is 236 g/mol. The van der Waals surface area contributed by atoms with E-state index in [1.54, 1.807) is 0 Å². The highest BCUT2D eigenvalue weighted by Gasteiger charge is 2.09. The average molecular weight is 260 g/mol. The Bertz CT molecular complexity index is 498. The van der Waals surface area contributed by atoms with Gasteiger partial charge in [-0.3, -0.25) is 4.68 Å². The Hall–Kier alpha value is -1.55. The maximum atomic E-state index is 4.20. The molecule has 1 unspecified atom stereocenters. The monoisotopic (exact) mass is 260 g/mol. The van der Waals surface area contributed by atoms with Crippen LogP contribution in [0.2, 0.25) is 0 Å². The van der Waals surface area contributed by atoms with Crippen molar-refractivity contribution in [2.24, 2.45) is 7.05 Å². The molecule has 0 aliphatic heterocycles. The molecule has 2 heterocycles. The zero-order valence-electron chi connectivity index (χ0n) is 12.1. The largest absolute Gasteiger partial charge is 0.354 e. The number of aryl methyl sites for hydroxylation is 3. The lowest BCUT2D eigenvalue weighted by Gasteiger charge is -2.13. The van der Waals surface area contributed by atoms with Crippen LogP contribution in [0.25, 0.3) is 0 Å². The van der Waals surface area contributed by atoms with Crippen LogP contribution in [0.5, 0.6) is 0 Å². The lowest BCUT2D eigenvalue weighted by molar-refractivity contribution is 0.539. The van der Waals surface area contributed by atoms with Gasteiger partial charge in [0.15, 0.2) is 0 Å². The van der Waals surface area contributed by atoms with Crippen LogP contribution in [0, 0.1) is 0 Å². The van der Waals surface area contributed by atoms with E-state index in [0.29, 0.717) is 6.04 Å². The van der Waals surface area contributed by atoms with Crippen molar-refractivity contribution < 1.29 is 0 Å². The first-order valence-corrected chi connectivity index (χ1v) is 7.04. The Morgan fingerprint density at radius 1 is 1.37 bits per heavy atom. The topological polar surface area (TPSA) is 34.8 Å². The van der Waals surface area contributed by atoms with E-state index in [1.165, 1.54) is 24.1 Å². The van der Waals surface area contributed by atoms with Crippen LogP contribution in [-0.2, 0) is 20.0 Å². The molecule has 0 aliphatic carbocycles. The second kappa shape index (κ2) is 6.57. The second-order valence-electron chi connectivity index (χ2n) is 5.01. The molecule has 104 valence electrons. The predicted octanol–water partition coefficient (Wildman–Crippen LogP) is 2.52. The lowest BCUT2D eigenvalue weighted by Crippen LogP contribution is -2.15. The van der Waals surface area contributed by atoms with Crippen molar-refractivity contribution >= 4 is 0 Å². The highest BCUT2D eigenvalue weighted by Crippen LogP contribution is 2.18. The van der Waals surface area contributed by atoms with E-state index in [2.05, 4.69) is 46.4 Å². The van der Waals surface area contributed by atoms with Gasteiger partial charge >= 0.3 is 0 Å². The summed E-state index contributed by atoms with van der Waals surface area (Å²) in [4.78, 5) is 0. The zero-order valence-corrected chi connectivity index (χ0v) is 12.1. The zero-order chi connectivity index (χ0) is 13.7. The Morgan fingerprint density at radius 3 is 2.84 bits per heavy atom. The fourth-order valence-electron chi connectivity index (χ4n) is 2.46. The molecule has 1 atom stereocenters. The van der Waals surface area contributed by atoms with Crippen molar-refractivity contribution in [2.45, 2.75) is 38.8 Å². The van der Waals surface area contributed by atoms with Crippen LogP contribution in [0.1, 0.15) is 37.1 Å². The van der Waals surface area contributed by atoms with E-state index in [9.17, 15) is 0 Å². The third kappa shape index (κ3) is 3.47. The van der Waals surface area contributed by atoms with Gasteiger partial charge in [0, 0.05) is 50.3 Å². The van der Waals surface area contributed by atoms with Gasteiger partial charge in [-0.05, 0) is 31.2 Å². The first kappa shape index (κ1) is 13.9. The summed E-state index contributed by atoms with van der Waals surface area (Å²) in [6.45, 7) is 3.23. The summed E-state index contributed by atoms with van der Waals surface area (Å²) >= 11 is 0. The molecule has 0 aliphatic rings. The molecule has 2 aromatic rings. The van der Waals surface area contributed by atoms with Gasteiger partial charge in [0.25, 0.3) is 0 Å². The number of nitrogens with one attached hydrogen (secondary N) is 1. The summed E-state index contributed by atoms with van der Waals surface area (Å²) in [5, 5.41) is 7.58. The van der Waals surface area contributed by atoms with Crippen molar-refractivity contribution in [1.82, 2.24) is 19.7 Å². The van der Waals surface area contributed by atoms with E-state index in [4.69, 9.17) is 0 Å². The molecule has 1 N–H and O–H groups in total. The third-order valence-corrected chi connectivity index (χ3v) is 3.65. The number of hydrogen-bond acceptors (Lipinski definition) is 2. The van der Waals surface area contributed by atoms with Crippen LogP contribution >= 0.6 is 0 Å². The van der Waals surface area contributed by atoms with Crippen LogP contribution in [0.15, 0.2) is 30.7 Å². The van der Waals surface area contributed by atoms with E-state index < -0.39 is 0 Å². The van der Waals surface area contributed by atoms with Gasteiger partial charge in [-0.15, -0.1) is 0 Å². The van der Waals surface area contributed by atoms with Crippen molar-refractivity contribution in [2.75, 3.05) is 7.05 Å². The van der Waals surface area contributed by atoms with E-state index in [0.717, 1.165) is 13.0 Å². The smallest absolute Gasteiger partial charge is 0.0492 e. The summed E-state index contributed by atoms with van der Waals surface area (Å²) in [6, 6.07) is 4.78. The van der Waals surface area contributed by atoms with E-state index in [1.807, 2.05) is 25.0 Å². The quantitative estimate of drug-likeness (QED) is 0.830. The molecule has 2 aromatic heterocycles. The molecule has 4 nitrogen and oxygen atoms in total. The SMILES string of the molecule is CCCC(NC)c1ccn(CCc2ccnn2C)c1. The molecule has 0 aromatic carbocycles. The van der Waals surface area contributed by atoms with E-state index >= 15 is 0 Å². The molecule has 19 heavy (non-hydrogen) atoms. The first-order valence-electron chi connectivity index (χ1n) is 7.04. The molecule has 2 rings (SSSR count). The van der Waals surface area contributed by atoms with Gasteiger partial charge in [0.2, 0.25) is 0 Å². The Labute approximate surface area is 115 Å². The molecular formula is C15H24N4. The van der Waals surface area contributed by atoms with Gasteiger partial charge < -0.3 is 9.88 Å². The normalized spacial score (nSPS) is 12.8.